The van der Waals surface area contributed by atoms with Crippen LogP contribution >= 0.6 is 0 Å². The fourth-order valence-electron chi connectivity index (χ4n) is 1.79. The molecule has 0 aliphatic rings. The Morgan fingerprint density at radius 1 is 1.00 bits per heavy atom. The SMILES string of the molecule is OB(O)c1ccc(F)c([C@@H](O)c2cccc(F)c2)c1. The number of aliphatic hydroxyl groups is 1. The quantitative estimate of drug-likeness (QED) is 0.716. The van der Waals surface area contributed by atoms with Gasteiger partial charge in [0, 0.05) is 5.56 Å². The van der Waals surface area contributed by atoms with Crippen molar-refractivity contribution in [3.8, 4) is 0 Å². The minimum absolute atomic E-state index is 0.0480. The molecule has 0 spiro atoms. The van der Waals surface area contributed by atoms with Crippen molar-refractivity contribution in [3.63, 3.8) is 0 Å². The highest BCUT2D eigenvalue weighted by molar-refractivity contribution is 6.58. The third-order valence-electron chi connectivity index (χ3n) is 2.78. The van der Waals surface area contributed by atoms with Gasteiger partial charge in [-0.25, -0.2) is 8.78 Å². The molecule has 3 N–H and O–H groups in total. The lowest BCUT2D eigenvalue weighted by atomic mass is 9.79. The summed E-state index contributed by atoms with van der Waals surface area (Å²) in [6, 6.07) is 8.50. The fraction of sp³-hybridized carbons (Fsp3) is 0.0769. The summed E-state index contributed by atoms with van der Waals surface area (Å²) in [5.41, 5.74) is 0.0894. The first-order valence-corrected chi connectivity index (χ1v) is 5.58. The van der Waals surface area contributed by atoms with Crippen LogP contribution in [0.2, 0.25) is 0 Å². The molecule has 0 radical (unpaired) electrons. The summed E-state index contributed by atoms with van der Waals surface area (Å²) < 4.78 is 26.7. The van der Waals surface area contributed by atoms with E-state index in [0.717, 1.165) is 18.2 Å². The maximum Gasteiger partial charge on any atom is 0.488 e. The molecule has 98 valence electrons. The zero-order chi connectivity index (χ0) is 14.0. The average Bonchev–Trinajstić information content (AvgIpc) is 2.38. The molecule has 0 saturated heterocycles. The number of hydrogen-bond donors (Lipinski definition) is 3. The molecular weight excluding hydrogens is 253 g/mol. The molecule has 0 fully saturated rings. The van der Waals surface area contributed by atoms with E-state index in [2.05, 4.69) is 0 Å². The van der Waals surface area contributed by atoms with E-state index in [0.29, 0.717) is 0 Å². The van der Waals surface area contributed by atoms with E-state index in [9.17, 15) is 13.9 Å². The van der Waals surface area contributed by atoms with Crippen molar-refractivity contribution in [2.75, 3.05) is 0 Å². The molecule has 2 aromatic rings. The van der Waals surface area contributed by atoms with Crippen LogP contribution in [0.25, 0.3) is 0 Å². The Morgan fingerprint density at radius 2 is 1.74 bits per heavy atom. The molecule has 0 unspecified atom stereocenters. The van der Waals surface area contributed by atoms with E-state index in [4.69, 9.17) is 10.0 Å². The van der Waals surface area contributed by atoms with Gasteiger partial charge in [0.25, 0.3) is 0 Å². The molecule has 0 aromatic heterocycles. The Kier molecular flexibility index (Phi) is 3.94. The van der Waals surface area contributed by atoms with E-state index in [1.807, 2.05) is 0 Å². The molecule has 0 heterocycles. The van der Waals surface area contributed by atoms with E-state index in [1.54, 1.807) is 0 Å². The molecule has 2 aromatic carbocycles. The summed E-state index contributed by atoms with van der Waals surface area (Å²) >= 11 is 0. The van der Waals surface area contributed by atoms with Crippen LogP contribution in [0.5, 0.6) is 0 Å². The van der Waals surface area contributed by atoms with E-state index in [1.165, 1.54) is 24.3 Å². The Morgan fingerprint density at radius 3 is 2.37 bits per heavy atom. The maximum atomic E-state index is 13.7. The van der Waals surface area contributed by atoms with Gasteiger partial charge in [-0.05, 0) is 29.2 Å². The van der Waals surface area contributed by atoms with Crippen molar-refractivity contribution in [2.24, 2.45) is 0 Å². The van der Waals surface area contributed by atoms with Crippen molar-refractivity contribution in [1.29, 1.82) is 0 Å². The Balaban J connectivity index is 2.43. The van der Waals surface area contributed by atoms with Crippen LogP contribution in [0, 0.1) is 11.6 Å². The van der Waals surface area contributed by atoms with Crippen LogP contribution in [-0.4, -0.2) is 22.3 Å². The van der Waals surface area contributed by atoms with Gasteiger partial charge in [-0.2, -0.15) is 0 Å². The van der Waals surface area contributed by atoms with Gasteiger partial charge < -0.3 is 15.2 Å². The van der Waals surface area contributed by atoms with Gasteiger partial charge in [-0.3, -0.25) is 0 Å². The summed E-state index contributed by atoms with van der Waals surface area (Å²) in [4.78, 5) is 0. The molecule has 0 bridgehead atoms. The molecule has 2 rings (SSSR count). The molecule has 0 saturated carbocycles. The van der Waals surface area contributed by atoms with E-state index in [-0.39, 0.29) is 16.6 Å². The van der Waals surface area contributed by atoms with Crippen LogP contribution in [0.4, 0.5) is 8.78 Å². The predicted molar refractivity (Wildman–Crippen MR) is 66.7 cm³/mol. The predicted octanol–water partition coefficient (Wildman–Crippen LogP) is 0.726. The Hall–Kier alpha value is -1.76. The van der Waals surface area contributed by atoms with Gasteiger partial charge in [0.15, 0.2) is 0 Å². The van der Waals surface area contributed by atoms with Crippen molar-refractivity contribution >= 4 is 12.6 Å². The lowest BCUT2D eigenvalue weighted by Crippen LogP contribution is -2.30. The Labute approximate surface area is 108 Å². The van der Waals surface area contributed by atoms with Gasteiger partial charge >= 0.3 is 7.12 Å². The minimum atomic E-state index is -1.76. The van der Waals surface area contributed by atoms with Gasteiger partial charge in [0.1, 0.15) is 17.7 Å². The molecule has 0 aliphatic heterocycles. The summed E-state index contributed by atoms with van der Waals surface area (Å²) in [6.07, 6.45) is -1.38. The molecular formula is C13H11BF2O3. The third kappa shape index (κ3) is 2.98. The highest BCUT2D eigenvalue weighted by Gasteiger charge is 2.19. The van der Waals surface area contributed by atoms with Crippen molar-refractivity contribution in [1.82, 2.24) is 0 Å². The van der Waals surface area contributed by atoms with Crippen LogP contribution in [0.3, 0.4) is 0 Å². The normalized spacial score (nSPS) is 12.3. The second kappa shape index (κ2) is 5.48. The van der Waals surface area contributed by atoms with Crippen molar-refractivity contribution in [2.45, 2.75) is 6.10 Å². The summed E-state index contributed by atoms with van der Waals surface area (Å²) in [7, 11) is -1.76. The third-order valence-corrected chi connectivity index (χ3v) is 2.78. The molecule has 0 aliphatic carbocycles. The zero-order valence-corrected chi connectivity index (χ0v) is 9.79. The first-order valence-electron chi connectivity index (χ1n) is 5.58. The largest absolute Gasteiger partial charge is 0.488 e. The average molecular weight is 264 g/mol. The standard InChI is InChI=1S/C13H11BF2O3/c15-10-3-1-2-8(6-10)13(17)11-7-9(14(18)19)4-5-12(11)16/h1-7,13,17-19H/t13-/m0/s1. The van der Waals surface area contributed by atoms with Gasteiger partial charge in [0.2, 0.25) is 0 Å². The van der Waals surface area contributed by atoms with Gasteiger partial charge in [0.05, 0.1) is 0 Å². The van der Waals surface area contributed by atoms with Crippen molar-refractivity contribution < 1.29 is 23.9 Å². The van der Waals surface area contributed by atoms with Crippen LogP contribution < -0.4 is 5.46 Å². The number of halogens is 2. The molecule has 3 nitrogen and oxygen atoms in total. The summed E-state index contributed by atoms with van der Waals surface area (Å²) in [6.45, 7) is 0. The first kappa shape index (κ1) is 13.7. The maximum absolute atomic E-state index is 13.7. The second-order valence-corrected chi connectivity index (χ2v) is 4.11. The number of rotatable bonds is 3. The molecule has 19 heavy (non-hydrogen) atoms. The van der Waals surface area contributed by atoms with Crippen molar-refractivity contribution in [3.05, 3.63) is 65.2 Å². The minimum Gasteiger partial charge on any atom is -0.423 e. The molecule has 0 amide bonds. The van der Waals surface area contributed by atoms with E-state index < -0.39 is 24.9 Å². The van der Waals surface area contributed by atoms with Crippen LogP contribution in [-0.2, 0) is 0 Å². The van der Waals surface area contributed by atoms with E-state index >= 15 is 0 Å². The Bertz CT molecular complexity index is 590. The summed E-state index contributed by atoms with van der Waals surface area (Å²) in [5.74, 6) is -1.25. The highest BCUT2D eigenvalue weighted by atomic mass is 19.1. The molecule has 1 atom stereocenters. The topological polar surface area (TPSA) is 60.7 Å². The van der Waals surface area contributed by atoms with Crippen LogP contribution in [0.1, 0.15) is 17.2 Å². The molecule has 6 heteroatoms. The second-order valence-electron chi connectivity index (χ2n) is 4.11. The monoisotopic (exact) mass is 264 g/mol. The first-order chi connectivity index (χ1) is 8.99. The number of aliphatic hydroxyl groups excluding tert-OH is 1. The zero-order valence-electron chi connectivity index (χ0n) is 9.79. The highest BCUT2D eigenvalue weighted by Crippen LogP contribution is 2.24. The smallest absolute Gasteiger partial charge is 0.423 e. The lowest BCUT2D eigenvalue weighted by Gasteiger charge is -2.14. The number of benzene rings is 2. The summed E-state index contributed by atoms with van der Waals surface area (Å²) in [5, 5.41) is 28.1. The lowest BCUT2D eigenvalue weighted by molar-refractivity contribution is 0.214. The van der Waals surface area contributed by atoms with Gasteiger partial charge in [-0.15, -0.1) is 0 Å². The van der Waals surface area contributed by atoms with Crippen LogP contribution in [0.15, 0.2) is 42.5 Å². The number of hydrogen-bond acceptors (Lipinski definition) is 3. The fourth-order valence-corrected chi connectivity index (χ4v) is 1.79. The van der Waals surface area contributed by atoms with Gasteiger partial charge in [-0.1, -0.05) is 24.3 Å².